The number of carbonyl (C=O) groups is 2. The first-order valence-corrected chi connectivity index (χ1v) is 16.3. The lowest BCUT2D eigenvalue weighted by Crippen LogP contribution is -2.53. The summed E-state index contributed by atoms with van der Waals surface area (Å²) < 4.78 is 35.0. The zero-order valence-corrected chi connectivity index (χ0v) is 26.6. The number of sulfonamides is 1. The number of hydrogen-bond acceptors (Lipinski definition) is 5. The zero-order valence-electron chi connectivity index (χ0n) is 25.8. The number of nitrogens with one attached hydrogen (secondary N) is 1. The highest BCUT2D eigenvalue weighted by Crippen LogP contribution is 2.34. The number of anilines is 1. The van der Waals surface area contributed by atoms with E-state index in [9.17, 15) is 18.0 Å². The van der Waals surface area contributed by atoms with Gasteiger partial charge in [-0.05, 0) is 75.9 Å². The van der Waals surface area contributed by atoms with Gasteiger partial charge in [0.25, 0.3) is 10.0 Å². The number of aryl methyl sites for hydroxylation is 3. The summed E-state index contributed by atoms with van der Waals surface area (Å²) in [5.41, 5.74) is 3.90. The SMILES string of the molecule is COc1ccc(C)cc1N(CC(=O)N(Cc1ccc(C)cc1)C(C)C(=O)NC1CCCCC1)S(=O)(=O)c1ccc(C)cc1. The Morgan fingerprint density at radius 1 is 0.884 bits per heavy atom. The standard InChI is InChI=1S/C34H43N3O5S/c1-24-11-16-28(17-12-24)22-36(27(4)34(39)35-29-9-7-6-8-10-29)33(38)23-37(31-21-26(3)15-20-32(31)42-5)43(40,41)30-18-13-25(2)14-19-30/h11-21,27,29H,6-10,22-23H2,1-5H3,(H,35,39). The normalized spacial score (nSPS) is 14.5. The molecule has 1 fully saturated rings. The van der Waals surface area contributed by atoms with Gasteiger partial charge in [0.2, 0.25) is 11.8 Å². The van der Waals surface area contributed by atoms with E-state index in [4.69, 9.17) is 4.74 Å². The molecule has 230 valence electrons. The number of hydrogen-bond donors (Lipinski definition) is 1. The molecule has 1 aliphatic carbocycles. The predicted molar refractivity (Wildman–Crippen MR) is 170 cm³/mol. The molecule has 1 aliphatic rings. The van der Waals surface area contributed by atoms with E-state index >= 15 is 0 Å². The average molecular weight is 606 g/mol. The van der Waals surface area contributed by atoms with Gasteiger partial charge in [-0.25, -0.2) is 8.42 Å². The number of methoxy groups -OCH3 is 1. The van der Waals surface area contributed by atoms with Crippen molar-refractivity contribution in [2.24, 2.45) is 0 Å². The highest BCUT2D eigenvalue weighted by Gasteiger charge is 2.34. The van der Waals surface area contributed by atoms with Crippen molar-refractivity contribution in [2.45, 2.75) is 83.3 Å². The van der Waals surface area contributed by atoms with E-state index in [-0.39, 0.29) is 29.1 Å². The molecule has 1 atom stereocenters. The summed E-state index contributed by atoms with van der Waals surface area (Å²) in [6.45, 7) is 7.06. The number of carbonyl (C=O) groups excluding carboxylic acids is 2. The van der Waals surface area contributed by atoms with Gasteiger partial charge in [0.1, 0.15) is 18.3 Å². The monoisotopic (exact) mass is 605 g/mol. The lowest BCUT2D eigenvalue weighted by atomic mass is 9.95. The van der Waals surface area contributed by atoms with Crippen LogP contribution in [0, 0.1) is 20.8 Å². The first kappa shape index (κ1) is 32.1. The Hall–Kier alpha value is -3.85. The molecule has 0 radical (unpaired) electrons. The lowest BCUT2D eigenvalue weighted by molar-refractivity contribution is -0.139. The van der Waals surface area contributed by atoms with Gasteiger partial charge in [0.05, 0.1) is 17.7 Å². The van der Waals surface area contributed by atoms with Crippen LogP contribution in [-0.2, 0) is 26.2 Å². The summed E-state index contributed by atoms with van der Waals surface area (Å²) in [6.07, 6.45) is 5.12. The van der Waals surface area contributed by atoms with Crippen molar-refractivity contribution in [1.29, 1.82) is 0 Å². The minimum Gasteiger partial charge on any atom is -0.495 e. The first-order chi connectivity index (χ1) is 20.5. The molecule has 0 bridgehead atoms. The number of nitrogens with zero attached hydrogens (tertiary/aromatic N) is 2. The topological polar surface area (TPSA) is 96.0 Å². The second-order valence-electron chi connectivity index (χ2n) is 11.5. The van der Waals surface area contributed by atoms with Gasteiger partial charge >= 0.3 is 0 Å². The van der Waals surface area contributed by atoms with E-state index < -0.39 is 28.5 Å². The molecule has 9 heteroatoms. The van der Waals surface area contributed by atoms with Crippen LogP contribution in [0.5, 0.6) is 5.75 Å². The van der Waals surface area contributed by atoms with Gasteiger partial charge in [-0.1, -0.05) is 72.9 Å². The van der Waals surface area contributed by atoms with Gasteiger partial charge < -0.3 is 15.0 Å². The van der Waals surface area contributed by atoms with E-state index in [1.165, 1.54) is 24.1 Å². The molecular formula is C34H43N3O5S. The predicted octanol–water partition coefficient (Wildman–Crippen LogP) is 5.68. The van der Waals surface area contributed by atoms with Crippen molar-refractivity contribution in [3.05, 3.63) is 89.0 Å². The molecule has 3 aromatic rings. The van der Waals surface area contributed by atoms with Gasteiger partial charge in [0.15, 0.2) is 0 Å². The van der Waals surface area contributed by atoms with E-state index in [0.717, 1.165) is 58.7 Å². The van der Waals surface area contributed by atoms with Crippen molar-refractivity contribution >= 4 is 27.5 Å². The largest absolute Gasteiger partial charge is 0.495 e. The van der Waals surface area contributed by atoms with Gasteiger partial charge in [-0.15, -0.1) is 0 Å². The van der Waals surface area contributed by atoms with E-state index in [2.05, 4.69) is 5.32 Å². The van der Waals surface area contributed by atoms with Crippen LogP contribution in [0.15, 0.2) is 71.6 Å². The Bertz CT molecular complexity index is 1510. The number of ether oxygens (including phenoxy) is 1. The van der Waals surface area contributed by atoms with Gasteiger partial charge in [-0.3, -0.25) is 13.9 Å². The van der Waals surface area contributed by atoms with Crippen molar-refractivity contribution < 1.29 is 22.7 Å². The van der Waals surface area contributed by atoms with Crippen LogP contribution < -0.4 is 14.4 Å². The third kappa shape index (κ3) is 7.96. The van der Waals surface area contributed by atoms with E-state index in [1.54, 1.807) is 31.2 Å². The van der Waals surface area contributed by atoms with Crippen LogP contribution in [0.3, 0.4) is 0 Å². The Morgan fingerprint density at radius 3 is 2.07 bits per heavy atom. The molecule has 0 spiro atoms. The average Bonchev–Trinajstić information content (AvgIpc) is 2.99. The van der Waals surface area contributed by atoms with Crippen LogP contribution in [0.2, 0.25) is 0 Å². The Labute approximate surface area is 256 Å². The fourth-order valence-electron chi connectivity index (χ4n) is 5.39. The summed E-state index contributed by atoms with van der Waals surface area (Å²) in [6, 6.07) is 18.7. The summed E-state index contributed by atoms with van der Waals surface area (Å²) in [4.78, 5) is 29.3. The fourth-order valence-corrected chi connectivity index (χ4v) is 6.80. The zero-order chi connectivity index (χ0) is 31.1. The van der Waals surface area contributed by atoms with Crippen LogP contribution in [0.25, 0.3) is 0 Å². The number of amides is 2. The highest BCUT2D eigenvalue weighted by molar-refractivity contribution is 7.92. The smallest absolute Gasteiger partial charge is 0.264 e. The van der Waals surface area contributed by atoms with Crippen LogP contribution in [0.4, 0.5) is 5.69 Å². The Kier molecular flexibility index (Phi) is 10.5. The third-order valence-corrected chi connectivity index (χ3v) is 9.86. The van der Waals surface area contributed by atoms with Crippen molar-refractivity contribution in [2.75, 3.05) is 18.0 Å². The van der Waals surface area contributed by atoms with Crippen LogP contribution in [-0.4, -0.2) is 50.9 Å². The van der Waals surface area contributed by atoms with Crippen molar-refractivity contribution in [3.63, 3.8) is 0 Å². The molecule has 0 aromatic heterocycles. The second-order valence-corrected chi connectivity index (χ2v) is 13.4. The molecule has 43 heavy (non-hydrogen) atoms. The maximum absolute atomic E-state index is 14.3. The minimum absolute atomic E-state index is 0.0580. The van der Waals surface area contributed by atoms with Crippen LogP contribution in [0.1, 0.15) is 61.3 Å². The highest BCUT2D eigenvalue weighted by atomic mass is 32.2. The fraction of sp³-hybridized carbons (Fsp3) is 0.412. The van der Waals surface area contributed by atoms with Gasteiger partial charge in [0, 0.05) is 12.6 Å². The Balaban J connectivity index is 1.72. The molecule has 8 nitrogen and oxygen atoms in total. The van der Waals surface area contributed by atoms with Crippen LogP contribution >= 0.6 is 0 Å². The van der Waals surface area contributed by atoms with E-state index in [1.807, 2.05) is 51.1 Å². The maximum Gasteiger partial charge on any atom is 0.264 e. The van der Waals surface area contributed by atoms with Crippen molar-refractivity contribution in [1.82, 2.24) is 10.2 Å². The number of rotatable bonds is 11. The third-order valence-electron chi connectivity index (χ3n) is 8.08. The maximum atomic E-state index is 14.3. The molecular weight excluding hydrogens is 562 g/mol. The molecule has 3 aromatic carbocycles. The minimum atomic E-state index is -4.19. The molecule has 0 heterocycles. The van der Waals surface area contributed by atoms with Gasteiger partial charge in [-0.2, -0.15) is 0 Å². The quantitative estimate of drug-likeness (QED) is 0.303. The second kappa shape index (κ2) is 14.1. The molecule has 2 amide bonds. The summed E-state index contributed by atoms with van der Waals surface area (Å²) >= 11 is 0. The number of benzene rings is 3. The summed E-state index contributed by atoms with van der Waals surface area (Å²) in [5, 5.41) is 3.14. The van der Waals surface area contributed by atoms with E-state index in [0.29, 0.717) is 5.75 Å². The molecule has 1 saturated carbocycles. The summed E-state index contributed by atoms with van der Waals surface area (Å²) in [7, 11) is -2.72. The molecule has 0 aliphatic heterocycles. The summed E-state index contributed by atoms with van der Waals surface area (Å²) in [5.74, 6) is -0.415. The lowest BCUT2D eigenvalue weighted by Gasteiger charge is -2.33. The Morgan fingerprint density at radius 2 is 1.47 bits per heavy atom. The van der Waals surface area contributed by atoms with Crippen molar-refractivity contribution in [3.8, 4) is 5.75 Å². The molecule has 1 unspecified atom stereocenters. The molecule has 4 rings (SSSR count). The first-order valence-electron chi connectivity index (χ1n) is 14.9. The molecule has 0 saturated heterocycles. The molecule has 1 N–H and O–H groups in total.